The maximum atomic E-state index is 13.9. The van der Waals surface area contributed by atoms with Crippen LogP contribution >= 0.6 is 0 Å². The molecule has 11 aromatic rings. The van der Waals surface area contributed by atoms with Gasteiger partial charge < -0.3 is 8.98 Å². The topological polar surface area (TPSA) is 39.5 Å². The minimum atomic E-state index is 0.0247. The van der Waals surface area contributed by atoms with Gasteiger partial charge in [0.1, 0.15) is 11.2 Å². The molecule has 218 valence electrons. The van der Waals surface area contributed by atoms with Crippen LogP contribution in [0.15, 0.2) is 155 Å². The average molecular weight is 601 g/mol. The zero-order chi connectivity index (χ0) is 30.8. The summed E-state index contributed by atoms with van der Waals surface area (Å²) >= 11 is 0. The number of aromatic nitrogens is 2. The lowest BCUT2D eigenvalue weighted by Gasteiger charge is -2.11. The fourth-order valence-corrected chi connectivity index (χ4v) is 7.97. The Morgan fingerprint density at radius 3 is 1.89 bits per heavy atom. The number of nitrogens with zero attached hydrogens (tertiary/aromatic N) is 2. The highest BCUT2D eigenvalue weighted by molar-refractivity contribution is 6.21. The zero-order valence-corrected chi connectivity index (χ0v) is 25.1. The van der Waals surface area contributed by atoms with Crippen molar-refractivity contribution in [1.82, 2.24) is 8.97 Å². The molecule has 0 aliphatic heterocycles. The van der Waals surface area contributed by atoms with E-state index >= 15 is 0 Å². The van der Waals surface area contributed by atoms with E-state index < -0.39 is 0 Å². The number of hydrogen-bond acceptors (Lipinski definition) is 2. The van der Waals surface area contributed by atoms with Gasteiger partial charge in [0.2, 0.25) is 0 Å². The SMILES string of the molecule is O=c1c2ccc(-c3ccc(-n4c5ccccc5c5cc6c(cc54)oc4ccccc46)cc3)cc2c2cccc3c4ccccc4n1c23. The smallest absolute Gasteiger partial charge is 0.263 e. The van der Waals surface area contributed by atoms with Gasteiger partial charge in [-0.05, 0) is 65.0 Å². The van der Waals surface area contributed by atoms with Crippen molar-refractivity contribution in [3.63, 3.8) is 0 Å². The molecular weight excluding hydrogens is 576 g/mol. The van der Waals surface area contributed by atoms with Crippen molar-refractivity contribution < 1.29 is 4.42 Å². The Morgan fingerprint density at radius 2 is 1.06 bits per heavy atom. The highest BCUT2D eigenvalue weighted by Gasteiger charge is 2.18. The molecule has 0 unspecified atom stereocenters. The molecular formula is C43H24N2O2. The van der Waals surface area contributed by atoms with Gasteiger partial charge in [0.15, 0.2) is 0 Å². The summed E-state index contributed by atoms with van der Waals surface area (Å²) in [6.45, 7) is 0. The molecule has 0 fully saturated rings. The Bertz CT molecular complexity index is 3140. The molecule has 0 saturated heterocycles. The van der Waals surface area contributed by atoms with E-state index in [0.29, 0.717) is 0 Å². The van der Waals surface area contributed by atoms with Gasteiger partial charge in [-0.25, -0.2) is 0 Å². The third-order valence-corrected chi connectivity index (χ3v) is 10.1. The highest BCUT2D eigenvalue weighted by atomic mass is 16.3. The van der Waals surface area contributed by atoms with E-state index in [4.69, 9.17) is 4.42 Å². The molecule has 11 rings (SSSR count). The molecule has 4 nitrogen and oxygen atoms in total. The molecule has 47 heavy (non-hydrogen) atoms. The van der Waals surface area contributed by atoms with E-state index in [0.717, 1.165) is 87.8 Å². The Hall–Kier alpha value is -6.39. The summed E-state index contributed by atoms with van der Waals surface area (Å²) in [7, 11) is 0. The first-order valence-electron chi connectivity index (χ1n) is 15.9. The number of pyridine rings is 1. The second-order valence-corrected chi connectivity index (χ2v) is 12.5. The second-order valence-electron chi connectivity index (χ2n) is 12.5. The van der Waals surface area contributed by atoms with Gasteiger partial charge in [-0.15, -0.1) is 0 Å². The van der Waals surface area contributed by atoms with Gasteiger partial charge in [-0.1, -0.05) is 91.0 Å². The van der Waals surface area contributed by atoms with Crippen molar-refractivity contribution in [2.75, 3.05) is 0 Å². The monoisotopic (exact) mass is 600 g/mol. The van der Waals surface area contributed by atoms with Crippen LogP contribution in [0.3, 0.4) is 0 Å². The fraction of sp³-hybridized carbons (Fsp3) is 0. The van der Waals surface area contributed by atoms with E-state index in [1.54, 1.807) is 0 Å². The second kappa shape index (κ2) is 8.87. The number of rotatable bonds is 2. The summed E-state index contributed by atoms with van der Waals surface area (Å²) in [5.74, 6) is 0. The van der Waals surface area contributed by atoms with Crippen molar-refractivity contribution in [1.29, 1.82) is 0 Å². The minimum Gasteiger partial charge on any atom is -0.456 e. The van der Waals surface area contributed by atoms with E-state index in [1.807, 2.05) is 40.8 Å². The maximum absolute atomic E-state index is 13.9. The molecule has 0 aliphatic rings. The molecule has 0 amide bonds. The van der Waals surface area contributed by atoms with Gasteiger partial charge in [-0.2, -0.15) is 0 Å². The van der Waals surface area contributed by atoms with Crippen molar-refractivity contribution in [3.05, 3.63) is 156 Å². The van der Waals surface area contributed by atoms with Crippen LogP contribution in [0.1, 0.15) is 0 Å². The van der Waals surface area contributed by atoms with E-state index in [9.17, 15) is 4.79 Å². The highest BCUT2D eigenvalue weighted by Crippen LogP contribution is 2.39. The summed E-state index contributed by atoms with van der Waals surface area (Å²) in [5.41, 5.74) is 9.29. The molecule has 0 bridgehead atoms. The lowest BCUT2D eigenvalue weighted by molar-refractivity contribution is 0.669. The Kier molecular flexibility index (Phi) is 4.69. The lowest BCUT2D eigenvalue weighted by atomic mass is 9.98. The molecule has 0 N–H and O–H groups in total. The fourth-order valence-electron chi connectivity index (χ4n) is 7.97. The van der Waals surface area contributed by atoms with E-state index in [-0.39, 0.29) is 5.56 Å². The van der Waals surface area contributed by atoms with Crippen molar-refractivity contribution in [2.45, 2.75) is 0 Å². The molecule has 7 aromatic carbocycles. The average Bonchev–Trinajstić information content (AvgIpc) is 3.77. The minimum absolute atomic E-state index is 0.0247. The molecule has 4 aromatic heterocycles. The van der Waals surface area contributed by atoms with E-state index in [2.05, 4.69) is 114 Å². The standard InChI is InChI=1S/C43H24N2O2/c46-43-33-21-18-26(22-34(33)32-12-7-11-31-28-8-1-5-14-38(28)45(43)42(31)32)25-16-19-27(20-17-25)44-37-13-4-2-9-29(37)35-23-36-30-10-3-6-15-40(30)47-41(36)24-39(35)44/h1-24H. The maximum Gasteiger partial charge on any atom is 0.263 e. The van der Waals surface area contributed by atoms with Crippen molar-refractivity contribution >= 4 is 81.7 Å². The molecule has 0 atom stereocenters. The first-order chi connectivity index (χ1) is 23.2. The third kappa shape index (κ3) is 3.23. The third-order valence-electron chi connectivity index (χ3n) is 10.1. The van der Waals surface area contributed by atoms with E-state index in [1.165, 1.54) is 10.8 Å². The van der Waals surface area contributed by atoms with Crippen LogP contribution in [-0.4, -0.2) is 8.97 Å². The largest absolute Gasteiger partial charge is 0.456 e. The lowest BCUT2D eigenvalue weighted by Crippen LogP contribution is -2.12. The van der Waals surface area contributed by atoms with Gasteiger partial charge in [0.05, 0.1) is 22.1 Å². The predicted octanol–water partition coefficient (Wildman–Crippen LogP) is 10.9. The van der Waals surface area contributed by atoms with Crippen molar-refractivity contribution in [3.8, 4) is 16.8 Å². The number of para-hydroxylation sites is 4. The van der Waals surface area contributed by atoms with Crippen LogP contribution in [0.5, 0.6) is 0 Å². The van der Waals surface area contributed by atoms with Crippen LogP contribution in [0.2, 0.25) is 0 Å². The summed E-state index contributed by atoms with van der Waals surface area (Å²) in [5, 5.41) is 9.70. The number of fused-ring (bicyclic) bond motifs is 11. The molecule has 4 heteroatoms. The van der Waals surface area contributed by atoms with Gasteiger partial charge >= 0.3 is 0 Å². The molecule has 0 radical (unpaired) electrons. The summed E-state index contributed by atoms with van der Waals surface area (Å²) in [6.07, 6.45) is 0. The Balaban J connectivity index is 1.10. The van der Waals surface area contributed by atoms with Crippen LogP contribution in [-0.2, 0) is 0 Å². The van der Waals surface area contributed by atoms with Gasteiger partial charge in [-0.3, -0.25) is 9.20 Å². The summed E-state index contributed by atoms with van der Waals surface area (Å²) in [6, 6.07) is 50.8. The quantitative estimate of drug-likeness (QED) is 0.185. The molecule has 0 aliphatic carbocycles. The Labute approximate surface area is 267 Å². The van der Waals surface area contributed by atoms with Crippen LogP contribution in [0.4, 0.5) is 0 Å². The van der Waals surface area contributed by atoms with Crippen LogP contribution in [0, 0.1) is 0 Å². The van der Waals surface area contributed by atoms with Gasteiger partial charge in [0, 0.05) is 54.8 Å². The summed E-state index contributed by atoms with van der Waals surface area (Å²) < 4.78 is 10.5. The Morgan fingerprint density at radius 1 is 0.404 bits per heavy atom. The van der Waals surface area contributed by atoms with Gasteiger partial charge in [0.25, 0.3) is 5.56 Å². The first kappa shape index (κ1) is 24.9. The number of furan rings is 1. The van der Waals surface area contributed by atoms with Crippen LogP contribution in [0.25, 0.3) is 98.5 Å². The number of benzene rings is 7. The van der Waals surface area contributed by atoms with Crippen LogP contribution < -0.4 is 5.56 Å². The predicted molar refractivity (Wildman–Crippen MR) is 194 cm³/mol. The zero-order valence-electron chi connectivity index (χ0n) is 25.1. The molecule has 0 saturated carbocycles. The summed E-state index contributed by atoms with van der Waals surface area (Å²) in [4.78, 5) is 13.9. The molecule has 4 heterocycles. The normalized spacial score (nSPS) is 12.3. The number of hydrogen-bond donors (Lipinski definition) is 0. The first-order valence-corrected chi connectivity index (χ1v) is 15.9. The molecule has 0 spiro atoms. The van der Waals surface area contributed by atoms with Crippen molar-refractivity contribution in [2.24, 2.45) is 0 Å².